The number of nitrogens with zero attached hydrogens (tertiary/aromatic N) is 6. The van der Waals surface area contributed by atoms with E-state index in [0.29, 0.717) is 6.04 Å². The van der Waals surface area contributed by atoms with Gasteiger partial charge in [-0.1, -0.05) is 12.1 Å². The van der Waals surface area contributed by atoms with Crippen molar-refractivity contribution in [1.29, 1.82) is 0 Å². The van der Waals surface area contributed by atoms with Crippen molar-refractivity contribution in [2.45, 2.75) is 38.6 Å². The Morgan fingerprint density at radius 1 is 1.00 bits per heavy atom. The third kappa shape index (κ3) is 3.54. The number of imidazole rings is 1. The van der Waals surface area contributed by atoms with Gasteiger partial charge in [0.1, 0.15) is 11.4 Å². The lowest BCUT2D eigenvalue weighted by Crippen LogP contribution is -2.28. The first kappa shape index (κ1) is 19.4. The largest absolute Gasteiger partial charge is 0.381 e. The van der Waals surface area contributed by atoms with Crippen molar-refractivity contribution >= 4 is 28.2 Å². The maximum atomic E-state index is 5.54. The number of ether oxygens (including phenoxy) is 1. The van der Waals surface area contributed by atoms with Crippen molar-refractivity contribution in [3.8, 4) is 11.4 Å². The Bertz CT molecular complexity index is 1270. The van der Waals surface area contributed by atoms with Gasteiger partial charge in [-0.25, -0.2) is 19.5 Å². The zero-order chi connectivity index (χ0) is 21.5. The van der Waals surface area contributed by atoms with E-state index in [2.05, 4.69) is 16.3 Å². The van der Waals surface area contributed by atoms with Gasteiger partial charge in [-0.3, -0.25) is 0 Å². The maximum Gasteiger partial charge on any atom is 0.177 e. The van der Waals surface area contributed by atoms with Crippen molar-refractivity contribution in [3.63, 3.8) is 0 Å². The van der Waals surface area contributed by atoms with E-state index in [1.807, 2.05) is 41.9 Å². The number of fused-ring (bicyclic) bond motifs is 2. The molecule has 5 heterocycles. The molecule has 0 spiro atoms. The van der Waals surface area contributed by atoms with Crippen LogP contribution in [0.5, 0.6) is 0 Å². The molecule has 2 aliphatic heterocycles. The van der Waals surface area contributed by atoms with Crippen LogP contribution in [0.2, 0.25) is 0 Å². The fourth-order valence-electron chi connectivity index (χ4n) is 4.68. The third-order valence-corrected chi connectivity index (χ3v) is 6.41. The Balaban J connectivity index is 1.46. The highest BCUT2D eigenvalue weighted by atomic mass is 16.5. The standard InChI is InChI=1S/C24H27N7O/c1-16-23(27-19-7-3-2-6-18(19)25-16)21-15-31-24(28-21)20(26-17-8-12-32-13-9-17)14-22(29-31)30-10-4-5-11-30/h2-3,6-7,14-15,17,26H,4-5,8-13H2,1H3. The second kappa shape index (κ2) is 8.02. The summed E-state index contributed by atoms with van der Waals surface area (Å²) in [5, 5.41) is 8.65. The predicted octanol–water partition coefficient (Wildman–Crippen LogP) is 3.84. The van der Waals surface area contributed by atoms with E-state index in [1.165, 1.54) is 12.8 Å². The van der Waals surface area contributed by atoms with E-state index >= 15 is 0 Å². The minimum atomic E-state index is 0.378. The molecular weight excluding hydrogens is 402 g/mol. The number of rotatable bonds is 4. The molecule has 2 fully saturated rings. The Labute approximate surface area is 186 Å². The van der Waals surface area contributed by atoms with Crippen molar-refractivity contribution in [3.05, 3.63) is 42.2 Å². The molecule has 2 saturated heterocycles. The Morgan fingerprint density at radius 2 is 1.75 bits per heavy atom. The number of aromatic nitrogens is 5. The van der Waals surface area contributed by atoms with E-state index in [4.69, 9.17) is 24.8 Å². The van der Waals surface area contributed by atoms with Crippen molar-refractivity contribution in [1.82, 2.24) is 24.6 Å². The zero-order valence-electron chi connectivity index (χ0n) is 18.3. The van der Waals surface area contributed by atoms with Gasteiger partial charge in [0.25, 0.3) is 0 Å². The molecule has 0 saturated carbocycles. The molecule has 0 atom stereocenters. The number of para-hydroxylation sites is 2. The first-order chi connectivity index (χ1) is 15.7. The molecule has 8 heteroatoms. The average molecular weight is 430 g/mol. The number of aryl methyl sites for hydroxylation is 1. The molecule has 0 aliphatic carbocycles. The van der Waals surface area contributed by atoms with Gasteiger partial charge < -0.3 is 15.0 Å². The second-order valence-corrected chi connectivity index (χ2v) is 8.68. The van der Waals surface area contributed by atoms with Crippen molar-refractivity contribution in [2.24, 2.45) is 0 Å². The van der Waals surface area contributed by atoms with Crippen LogP contribution in [0.15, 0.2) is 36.5 Å². The van der Waals surface area contributed by atoms with Gasteiger partial charge in [-0.05, 0) is 44.7 Å². The van der Waals surface area contributed by atoms with E-state index in [9.17, 15) is 0 Å². The van der Waals surface area contributed by atoms with Crippen LogP contribution in [-0.4, -0.2) is 56.9 Å². The van der Waals surface area contributed by atoms with Crippen LogP contribution < -0.4 is 10.2 Å². The van der Waals surface area contributed by atoms with Gasteiger partial charge in [0.15, 0.2) is 11.5 Å². The molecule has 2 aliphatic rings. The van der Waals surface area contributed by atoms with Gasteiger partial charge in [0, 0.05) is 38.4 Å². The topological polar surface area (TPSA) is 80.5 Å². The van der Waals surface area contributed by atoms with Crippen LogP contribution in [0, 0.1) is 6.92 Å². The predicted molar refractivity (Wildman–Crippen MR) is 125 cm³/mol. The van der Waals surface area contributed by atoms with E-state index in [0.717, 1.165) is 84.4 Å². The van der Waals surface area contributed by atoms with Gasteiger partial charge in [0.2, 0.25) is 0 Å². The molecule has 4 aromatic rings. The third-order valence-electron chi connectivity index (χ3n) is 6.41. The summed E-state index contributed by atoms with van der Waals surface area (Å²) in [5.41, 5.74) is 6.07. The van der Waals surface area contributed by atoms with Crippen LogP contribution in [0.4, 0.5) is 11.5 Å². The summed E-state index contributed by atoms with van der Waals surface area (Å²) in [7, 11) is 0. The Hall–Kier alpha value is -3.26. The van der Waals surface area contributed by atoms with Gasteiger partial charge in [-0.2, -0.15) is 0 Å². The summed E-state index contributed by atoms with van der Waals surface area (Å²) in [5.74, 6) is 0.995. The lowest BCUT2D eigenvalue weighted by atomic mass is 10.1. The molecule has 3 aromatic heterocycles. The minimum absolute atomic E-state index is 0.378. The lowest BCUT2D eigenvalue weighted by Gasteiger charge is -2.25. The fraction of sp³-hybridized carbons (Fsp3) is 0.417. The number of nitrogens with one attached hydrogen (secondary N) is 1. The SMILES string of the molecule is Cc1nc2ccccc2nc1-c1cn2nc(N3CCCC3)cc(NC3CCOCC3)c2n1. The Kier molecular flexibility index (Phi) is 4.87. The summed E-state index contributed by atoms with van der Waals surface area (Å²) in [6.07, 6.45) is 6.40. The van der Waals surface area contributed by atoms with Crippen LogP contribution in [0.1, 0.15) is 31.4 Å². The highest BCUT2D eigenvalue weighted by Gasteiger charge is 2.21. The molecule has 32 heavy (non-hydrogen) atoms. The molecule has 0 bridgehead atoms. The molecule has 0 radical (unpaired) electrons. The average Bonchev–Trinajstić information content (AvgIpc) is 3.49. The first-order valence-corrected chi connectivity index (χ1v) is 11.5. The lowest BCUT2D eigenvalue weighted by molar-refractivity contribution is 0.0904. The van der Waals surface area contributed by atoms with E-state index < -0.39 is 0 Å². The monoisotopic (exact) mass is 429 g/mol. The fourth-order valence-corrected chi connectivity index (χ4v) is 4.68. The summed E-state index contributed by atoms with van der Waals surface area (Å²) >= 11 is 0. The second-order valence-electron chi connectivity index (χ2n) is 8.68. The number of hydrogen-bond donors (Lipinski definition) is 1. The number of benzene rings is 1. The molecule has 0 unspecified atom stereocenters. The first-order valence-electron chi connectivity index (χ1n) is 11.5. The van der Waals surface area contributed by atoms with Gasteiger partial charge in [0.05, 0.1) is 28.6 Å². The molecular formula is C24H27N7O. The quantitative estimate of drug-likeness (QED) is 0.528. The molecule has 6 rings (SSSR count). The van der Waals surface area contributed by atoms with E-state index in [1.54, 1.807) is 0 Å². The maximum absolute atomic E-state index is 5.54. The Morgan fingerprint density at radius 3 is 2.53 bits per heavy atom. The molecule has 8 nitrogen and oxygen atoms in total. The van der Waals surface area contributed by atoms with Gasteiger partial charge in [-0.15, -0.1) is 5.10 Å². The smallest absolute Gasteiger partial charge is 0.177 e. The molecule has 1 aromatic carbocycles. The van der Waals surface area contributed by atoms with Crippen LogP contribution in [-0.2, 0) is 4.74 Å². The van der Waals surface area contributed by atoms with Gasteiger partial charge >= 0.3 is 0 Å². The van der Waals surface area contributed by atoms with Crippen molar-refractivity contribution in [2.75, 3.05) is 36.5 Å². The van der Waals surface area contributed by atoms with E-state index in [-0.39, 0.29) is 0 Å². The summed E-state index contributed by atoms with van der Waals surface area (Å²) < 4.78 is 7.45. The normalized spacial score (nSPS) is 17.5. The highest BCUT2D eigenvalue weighted by molar-refractivity contribution is 5.79. The van der Waals surface area contributed by atoms with Crippen molar-refractivity contribution < 1.29 is 4.74 Å². The van der Waals surface area contributed by atoms with Crippen LogP contribution in [0.3, 0.4) is 0 Å². The summed E-state index contributed by atoms with van der Waals surface area (Å²) in [6.45, 7) is 5.67. The van der Waals surface area contributed by atoms with Crippen LogP contribution >= 0.6 is 0 Å². The number of hydrogen-bond acceptors (Lipinski definition) is 7. The summed E-state index contributed by atoms with van der Waals surface area (Å²) in [4.78, 5) is 16.9. The molecule has 1 N–H and O–H groups in total. The van der Waals surface area contributed by atoms with Crippen LogP contribution in [0.25, 0.3) is 28.1 Å². The summed E-state index contributed by atoms with van der Waals surface area (Å²) in [6, 6.07) is 10.5. The minimum Gasteiger partial charge on any atom is -0.381 e. The molecule has 0 amide bonds. The zero-order valence-corrected chi connectivity index (χ0v) is 18.3. The number of anilines is 2. The molecule has 164 valence electrons. The highest BCUT2D eigenvalue weighted by Crippen LogP contribution is 2.29.